The highest BCUT2D eigenvalue weighted by Crippen LogP contribution is 2.68. The number of fused-ring (bicyclic) bond motifs is 4. The van der Waals surface area contributed by atoms with Gasteiger partial charge in [0, 0.05) is 54.0 Å². The third kappa shape index (κ3) is 19.2. The molecule has 0 aliphatic heterocycles. The number of nitrogens with zero attached hydrogens (tertiary/aromatic N) is 5. The van der Waals surface area contributed by atoms with E-state index in [4.69, 9.17) is 22.0 Å². The Bertz CT molecular complexity index is 3090. The fraction of sp³-hybridized carbons (Fsp3) is 0.636. The quantitative estimate of drug-likeness (QED) is 0.0322. The van der Waals surface area contributed by atoms with Crippen molar-refractivity contribution in [3.05, 3.63) is 114 Å². The molecule has 8 nitrogen and oxygen atoms in total. The van der Waals surface area contributed by atoms with E-state index in [1.807, 2.05) is 55.5 Å². The zero-order valence-corrected chi connectivity index (χ0v) is 53.7. The van der Waals surface area contributed by atoms with Crippen LogP contribution in [0.25, 0.3) is 16.7 Å². The number of hydrogen-bond acceptors (Lipinski definition) is 6. The van der Waals surface area contributed by atoms with Gasteiger partial charge in [-0.2, -0.15) is 13.9 Å². The number of benzene rings is 2. The molecule has 7 unspecified atom stereocenters. The van der Waals surface area contributed by atoms with Gasteiger partial charge < -0.3 is 5.41 Å². The molecule has 3 heterocycles. The molecule has 0 amide bonds. The van der Waals surface area contributed by atoms with Crippen molar-refractivity contribution in [1.29, 1.82) is 5.41 Å². The van der Waals surface area contributed by atoms with Crippen molar-refractivity contribution in [2.45, 2.75) is 247 Å². The minimum absolute atomic E-state index is 0.0350. The molecule has 7 atom stereocenters. The Balaban J connectivity index is 0.000000327. The van der Waals surface area contributed by atoms with Crippen LogP contribution in [0.5, 0.6) is 0 Å². The summed E-state index contributed by atoms with van der Waals surface area (Å²) in [5, 5.41) is 12.9. The number of carbonyl (C=O) groups excluding carboxylic acids is 1. The number of Topliss-reactive ketones (excluding diaryl/α,β-unsaturated/α-hetero) is 1. The van der Waals surface area contributed by atoms with Gasteiger partial charge in [-0.1, -0.05) is 119 Å². The van der Waals surface area contributed by atoms with E-state index in [0.717, 1.165) is 17.2 Å². The molecular formula is C66H90BClF11N6O2. The fourth-order valence-corrected chi connectivity index (χ4v) is 11.5. The van der Waals surface area contributed by atoms with Gasteiger partial charge in [-0.05, 0) is 130 Å². The lowest BCUT2D eigenvalue weighted by Crippen LogP contribution is -2.34. The largest absolute Gasteiger partial charge is 0.305 e. The highest BCUT2D eigenvalue weighted by molar-refractivity contribution is 6.34. The molecule has 2 fully saturated rings. The molecule has 87 heavy (non-hydrogen) atoms. The second-order valence-corrected chi connectivity index (χ2v) is 24.6. The first kappa shape index (κ1) is 74.3. The van der Waals surface area contributed by atoms with Crippen LogP contribution < -0.4 is 5.56 Å². The van der Waals surface area contributed by atoms with E-state index >= 15 is 4.39 Å². The summed E-state index contributed by atoms with van der Waals surface area (Å²) >= 11 is 6.58. The molecule has 5 aromatic rings. The van der Waals surface area contributed by atoms with Gasteiger partial charge in [-0.25, -0.2) is 49.5 Å². The summed E-state index contributed by atoms with van der Waals surface area (Å²) in [5.74, 6) is -9.36. The van der Waals surface area contributed by atoms with Crippen LogP contribution in [0, 0.1) is 48.6 Å². The summed E-state index contributed by atoms with van der Waals surface area (Å²) < 4.78 is 155. The Morgan fingerprint density at radius 3 is 1.95 bits per heavy atom. The normalized spacial score (nSPS) is 18.4. The first-order valence-electron chi connectivity index (χ1n) is 30.9. The number of pyridine rings is 1. The molecule has 1 N–H and O–H groups in total. The number of ketones is 1. The molecule has 3 aromatic heterocycles. The third-order valence-electron chi connectivity index (χ3n) is 16.3. The van der Waals surface area contributed by atoms with Crippen LogP contribution in [0.15, 0.2) is 41.2 Å². The van der Waals surface area contributed by atoms with Gasteiger partial charge in [0.25, 0.3) is 11.5 Å². The maximum atomic E-state index is 16.2. The minimum atomic E-state index is -3.10. The molecular weight excluding hydrogens is 1160 g/mol. The zero-order chi connectivity index (χ0) is 65.5. The average Bonchev–Trinajstić information content (AvgIpc) is 1.56. The third-order valence-corrected chi connectivity index (χ3v) is 16.6. The van der Waals surface area contributed by atoms with Gasteiger partial charge in [0.2, 0.25) is 5.92 Å². The van der Waals surface area contributed by atoms with E-state index in [1.54, 1.807) is 32.9 Å². The highest BCUT2D eigenvalue weighted by Gasteiger charge is 2.67. The molecule has 2 saturated carbocycles. The van der Waals surface area contributed by atoms with Crippen molar-refractivity contribution >= 4 is 41.4 Å². The summed E-state index contributed by atoms with van der Waals surface area (Å²) in [6.07, 6.45) is 3.12. The van der Waals surface area contributed by atoms with E-state index in [-0.39, 0.29) is 71.3 Å². The first-order valence-corrected chi connectivity index (χ1v) is 31.3. The van der Waals surface area contributed by atoms with Crippen molar-refractivity contribution in [1.82, 2.24) is 24.3 Å². The van der Waals surface area contributed by atoms with Gasteiger partial charge in [-0.15, -0.1) is 0 Å². The summed E-state index contributed by atoms with van der Waals surface area (Å²) in [6, 6.07) is 7.97. The van der Waals surface area contributed by atoms with E-state index < -0.39 is 109 Å². The van der Waals surface area contributed by atoms with E-state index in [2.05, 4.69) is 23.9 Å². The molecule has 3 aliphatic rings. The van der Waals surface area contributed by atoms with Gasteiger partial charge in [0.05, 0.1) is 28.3 Å². The number of nitrogens with one attached hydrogen (secondary N) is 1. The SMILES string of the molecule is CC(=O)Cn1nc(C(F)CF)c2c1C(F)(F)C1CC21.CCC(C)CC(F)CC(F)CC.CCCC(=N)c1c(Cl)ccc(-n2c(C(Cc3cc(F)cc(F)c3)C(C)C)nc3nc(C4(F)CCC(F)(F)CC4)cc(C)c3c2=O)c1C.CCCCCC.C[B]C. The second kappa shape index (κ2) is 33.1. The van der Waals surface area contributed by atoms with Crippen LogP contribution in [0.3, 0.4) is 0 Å². The van der Waals surface area contributed by atoms with Crippen LogP contribution in [-0.4, -0.2) is 68.0 Å². The van der Waals surface area contributed by atoms with E-state index in [0.29, 0.717) is 70.3 Å². The number of aromatic nitrogens is 5. The van der Waals surface area contributed by atoms with Crippen LogP contribution in [0.4, 0.5) is 48.3 Å². The second-order valence-electron chi connectivity index (χ2n) is 24.2. The van der Waals surface area contributed by atoms with Crippen molar-refractivity contribution < 1.29 is 53.1 Å². The predicted octanol–water partition coefficient (Wildman–Crippen LogP) is 19.8. The summed E-state index contributed by atoms with van der Waals surface area (Å²) in [4.78, 5) is 35.1. The smallest absolute Gasteiger partial charge is 0.293 e. The predicted molar refractivity (Wildman–Crippen MR) is 329 cm³/mol. The number of aryl methyl sites for hydroxylation is 1. The average molecular weight is 1250 g/mol. The number of hydrogen-bond donors (Lipinski definition) is 1. The summed E-state index contributed by atoms with van der Waals surface area (Å²) in [5.41, 5.74) is -0.690. The number of carbonyl (C=O) groups is 1. The number of rotatable bonds is 22. The number of unbranched alkanes of at least 4 members (excludes halogenated alkanes) is 3. The Labute approximate surface area is 513 Å². The Morgan fingerprint density at radius 2 is 1.44 bits per heavy atom. The summed E-state index contributed by atoms with van der Waals surface area (Å²) in [6.45, 7) is 23.0. The maximum Gasteiger partial charge on any atom is 0.293 e. The summed E-state index contributed by atoms with van der Waals surface area (Å²) in [7, 11) is 2.00. The first-order chi connectivity index (χ1) is 40.8. The Kier molecular flexibility index (Phi) is 28.3. The molecule has 483 valence electrons. The zero-order valence-electron chi connectivity index (χ0n) is 53.0. The molecule has 3 aliphatic carbocycles. The minimum Gasteiger partial charge on any atom is -0.305 e. The standard InChI is InChI=1S/C36H38ClF5N4O.C12H12F4N2O.C10H20F2.C6H14.C2H6B/c1-6-7-27(43)31-21(5)28(9-8-26(31)37)46-33(25(19(2)3)17-22-15-23(38)18-24(39)16-22)45-32-30(34(46)47)20(4)14-29(44-32)35(40)10-12-36(41,42)13-11-35;1-5(19)4-18-11-9(10(17-18)8(14)3-13)6-2-7(6)12(11,15)16;1-4-8(3)6-10(12)7-9(11)5-2;1-3-5-6-4-2;1-3-2/h8-9,14-16,18-19,25,43H,6-7,10-13,17H2,1-5H3;6-8H,2-4H2,1H3;8-10H,4-7H2,1-3H3;3-6H2,1-2H3;1-2H3. The molecule has 8 rings (SSSR count). The van der Waals surface area contributed by atoms with Crippen LogP contribution in [-0.2, 0) is 29.4 Å². The van der Waals surface area contributed by atoms with Gasteiger partial charge in [-0.3, -0.25) is 18.8 Å². The topological polar surface area (TPSA) is 107 Å². The lowest BCUT2D eigenvalue weighted by molar-refractivity contribution is -0.118. The van der Waals surface area contributed by atoms with Crippen molar-refractivity contribution in [2.24, 2.45) is 17.8 Å². The van der Waals surface area contributed by atoms with Crippen molar-refractivity contribution in [3.8, 4) is 5.69 Å². The fourth-order valence-electron chi connectivity index (χ4n) is 11.2. The van der Waals surface area contributed by atoms with Gasteiger partial charge in [0.15, 0.2) is 23.3 Å². The van der Waals surface area contributed by atoms with Crippen molar-refractivity contribution in [2.75, 3.05) is 6.67 Å². The van der Waals surface area contributed by atoms with E-state index in [1.165, 1.54) is 55.4 Å². The maximum absolute atomic E-state index is 16.2. The van der Waals surface area contributed by atoms with Gasteiger partial charge in [0.1, 0.15) is 55.1 Å². The monoisotopic (exact) mass is 1250 g/mol. The molecule has 21 heteroatoms. The van der Waals surface area contributed by atoms with Crippen molar-refractivity contribution in [3.63, 3.8) is 0 Å². The lowest BCUT2D eigenvalue weighted by atomic mass is 9.81. The van der Waals surface area contributed by atoms with Crippen LogP contribution >= 0.6 is 11.6 Å². The van der Waals surface area contributed by atoms with Gasteiger partial charge >= 0.3 is 0 Å². The van der Waals surface area contributed by atoms with Crippen LogP contribution in [0.2, 0.25) is 18.7 Å². The molecule has 0 bridgehead atoms. The molecule has 2 aromatic carbocycles. The Hall–Kier alpha value is -5.14. The molecule has 0 spiro atoms. The van der Waals surface area contributed by atoms with E-state index in [9.17, 15) is 53.5 Å². The highest BCUT2D eigenvalue weighted by atomic mass is 35.5. The van der Waals surface area contributed by atoms with Crippen LogP contribution in [0.1, 0.15) is 227 Å². The number of halogens is 12. The molecule has 1 radical (unpaired) electrons. The lowest BCUT2D eigenvalue weighted by Gasteiger charge is -2.33. The Morgan fingerprint density at radius 1 is 0.839 bits per heavy atom. The number of alkyl halides is 9. The molecule has 0 saturated heterocycles.